The number of rotatable bonds is 1. The predicted octanol–water partition coefficient (Wildman–Crippen LogP) is 1.08. The molecule has 1 aromatic rings. The Morgan fingerprint density at radius 2 is 1.80 bits per heavy atom. The van der Waals surface area contributed by atoms with Crippen molar-refractivity contribution in [3.63, 3.8) is 0 Å². The Labute approximate surface area is 58.4 Å². The highest BCUT2D eigenvalue weighted by molar-refractivity contribution is 4.93. The zero-order valence-electron chi connectivity index (χ0n) is 5.87. The van der Waals surface area contributed by atoms with Gasteiger partial charge in [-0.05, 0) is 13.8 Å². The van der Waals surface area contributed by atoms with E-state index in [0.717, 1.165) is 0 Å². The van der Waals surface area contributed by atoms with Gasteiger partial charge in [0, 0.05) is 0 Å². The van der Waals surface area contributed by atoms with E-state index in [1.165, 1.54) is 26.5 Å². The van der Waals surface area contributed by atoms with E-state index in [1.54, 1.807) is 0 Å². The second-order valence-electron chi connectivity index (χ2n) is 2.43. The summed E-state index contributed by atoms with van der Waals surface area (Å²) in [4.78, 5) is 10.9. The molecule has 0 amide bonds. The van der Waals surface area contributed by atoms with Gasteiger partial charge >= 0.3 is 0 Å². The molecule has 0 saturated carbocycles. The SMILES string of the molecule is CC(C)(F)c1ncncn1. The van der Waals surface area contributed by atoms with Crippen LogP contribution in [-0.2, 0) is 5.67 Å². The molecule has 0 unspecified atom stereocenters. The van der Waals surface area contributed by atoms with Crippen molar-refractivity contribution in [2.75, 3.05) is 0 Å². The van der Waals surface area contributed by atoms with Crippen molar-refractivity contribution in [3.8, 4) is 0 Å². The first-order chi connectivity index (χ1) is 4.61. The third-order valence-corrected chi connectivity index (χ3v) is 1.03. The molecule has 4 heteroatoms. The number of aromatic nitrogens is 3. The van der Waals surface area contributed by atoms with Gasteiger partial charge < -0.3 is 0 Å². The van der Waals surface area contributed by atoms with Gasteiger partial charge in [0.05, 0.1) is 0 Å². The van der Waals surface area contributed by atoms with Crippen LogP contribution in [0.2, 0.25) is 0 Å². The number of hydrogen-bond acceptors (Lipinski definition) is 3. The van der Waals surface area contributed by atoms with Crippen molar-refractivity contribution in [2.45, 2.75) is 19.5 Å². The van der Waals surface area contributed by atoms with Crippen molar-refractivity contribution in [2.24, 2.45) is 0 Å². The Morgan fingerprint density at radius 3 is 2.10 bits per heavy atom. The maximum Gasteiger partial charge on any atom is 0.168 e. The van der Waals surface area contributed by atoms with Gasteiger partial charge in [0.25, 0.3) is 0 Å². The molecule has 0 saturated heterocycles. The fourth-order valence-electron chi connectivity index (χ4n) is 0.546. The van der Waals surface area contributed by atoms with Crippen LogP contribution in [0.1, 0.15) is 19.7 Å². The summed E-state index contributed by atoms with van der Waals surface area (Å²) in [5, 5.41) is 0. The van der Waals surface area contributed by atoms with Crippen LogP contribution in [0, 0.1) is 0 Å². The molecule has 0 fully saturated rings. The first-order valence-corrected chi connectivity index (χ1v) is 2.92. The highest BCUT2D eigenvalue weighted by Gasteiger charge is 2.21. The third-order valence-electron chi connectivity index (χ3n) is 1.03. The van der Waals surface area contributed by atoms with E-state index >= 15 is 0 Å². The molecule has 1 heterocycles. The maximum atomic E-state index is 13.0. The number of nitrogens with zero attached hydrogens (tertiary/aromatic N) is 3. The highest BCUT2D eigenvalue weighted by atomic mass is 19.1. The summed E-state index contributed by atoms with van der Waals surface area (Å²) < 4.78 is 13.0. The minimum Gasteiger partial charge on any atom is -0.236 e. The van der Waals surface area contributed by atoms with Gasteiger partial charge in [0.15, 0.2) is 11.5 Å². The molecule has 1 rings (SSSR count). The standard InChI is InChI=1S/C6H8FN3/c1-6(2,7)5-9-3-8-4-10-5/h3-4H,1-2H3. The van der Waals surface area contributed by atoms with Gasteiger partial charge in [-0.1, -0.05) is 0 Å². The molecular weight excluding hydrogens is 133 g/mol. The molecule has 0 spiro atoms. The second kappa shape index (κ2) is 2.28. The molecule has 0 aliphatic carbocycles. The maximum absolute atomic E-state index is 13.0. The average Bonchev–Trinajstić information content (AvgIpc) is 1.88. The van der Waals surface area contributed by atoms with E-state index in [2.05, 4.69) is 15.0 Å². The van der Waals surface area contributed by atoms with Gasteiger partial charge in [0.1, 0.15) is 12.7 Å². The van der Waals surface area contributed by atoms with Crippen LogP contribution in [-0.4, -0.2) is 15.0 Å². The molecule has 10 heavy (non-hydrogen) atoms. The number of halogens is 1. The van der Waals surface area contributed by atoms with Gasteiger partial charge in [-0.2, -0.15) is 0 Å². The quantitative estimate of drug-likeness (QED) is 0.587. The second-order valence-corrected chi connectivity index (χ2v) is 2.43. The van der Waals surface area contributed by atoms with E-state index in [1.807, 2.05) is 0 Å². The van der Waals surface area contributed by atoms with Crippen molar-refractivity contribution in [1.29, 1.82) is 0 Å². The minimum atomic E-state index is -1.47. The normalized spacial score (nSPS) is 11.5. The molecule has 0 atom stereocenters. The fraction of sp³-hybridized carbons (Fsp3) is 0.500. The van der Waals surface area contributed by atoms with Crippen molar-refractivity contribution in [1.82, 2.24) is 15.0 Å². The van der Waals surface area contributed by atoms with E-state index in [4.69, 9.17) is 0 Å². The third kappa shape index (κ3) is 1.46. The van der Waals surface area contributed by atoms with Crippen molar-refractivity contribution < 1.29 is 4.39 Å². The largest absolute Gasteiger partial charge is 0.236 e. The van der Waals surface area contributed by atoms with Crippen LogP contribution >= 0.6 is 0 Å². The Kier molecular flexibility index (Phi) is 1.61. The summed E-state index contributed by atoms with van der Waals surface area (Å²) in [5.41, 5.74) is -1.47. The first kappa shape index (κ1) is 7.05. The Balaban J connectivity index is 2.97. The zero-order valence-corrected chi connectivity index (χ0v) is 5.87. The molecule has 0 radical (unpaired) electrons. The summed E-state index contributed by atoms with van der Waals surface area (Å²) in [5.74, 6) is 0.169. The lowest BCUT2D eigenvalue weighted by Crippen LogP contribution is -2.13. The molecule has 54 valence electrons. The summed E-state index contributed by atoms with van der Waals surface area (Å²) in [6, 6.07) is 0. The smallest absolute Gasteiger partial charge is 0.168 e. The van der Waals surface area contributed by atoms with E-state index in [-0.39, 0.29) is 5.82 Å². The lowest BCUT2D eigenvalue weighted by atomic mass is 10.1. The lowest BCUT2D eigenvalue weighted by Gasteiger charge is -2.09. The van der Waals surface area contributed by atoms with E-state index < -0.39 is 5.67 Å². The molecule has 1 aromatic heterocycles. The van der Waals surface area contributed by atoms with Crippen LogP contribution in [0.5, 0.6) is 0 Å². The van der Waals surface area contributed by atoms with Crippen molar-refractivity contribution in [3.05, 3.63) is 18.5 Å². The van der Waals surface area contributed by atoms with Crippen LogP contribution in [0.4, 0.5) is 4.39 Å². The minimum absolute atomic E-state index is 0.169. The van der Waals surface area contributed by atoms with E-state index in [0.29, 0.717) is 0 Å². The summed E-state index contributed by atoms with van der Waals surface area (Å²) in [6.45, 7) is 2.81. The van der Waals surface area contributed by atoms with Crippen LogP contribution < -0.4 is 0 Å². The van der Waals surface area contributed by atoms with Crippen LogP contribution in [0.25, 0.3) is 0 Å². The van der Waals surface area contributed by atoms with Gasteiger partial charge in [0.2, 0.25) is 0 Å². The van der Waals surface area contributed by atoms with Gasteiger partial charge in [-0.25, -0.2) is 19.3 Å². The molecule has 0 bridgehead atoms. The van der Waals surface area contributed by atoms with Crippen molar-refractivity contribution >= 4 is 0 Å². The Morgan fingerprint density at radius 1 is 1.30 bits per heavy atom. The highest BCUT2D eigenvalue weighted by Crippen LogP contribution is 2.18. The van der Waals surface area contributed by atoms with Gasteiger partial charge in [-0.3, -0.25) is 0 Å². The fourth-order valence-corrected chi connectivity index (χ4v) is 0.546. The first-order valence-electron chi connectivity index (χ1n) is 2.92. The average molecular weight is 141 g/mol. The summed E-state index contributed by atoms with van der Waals surface area (Å²) >= 11 is 0. The molecular formula is C6H8FN3. The summed E-state index contributed by atoms with van der Waals surface area (Å²) in [7, 11) is 0. The van der Waals surface area contributed by atoms with Gasteiger partial charge in [-0.15, -0.1) is 0 Å². The van der Waals surface area contributed by atoms with E-state index in [9.17, 15) is 4.39 Å². The molecule has 0 aromatic carbocycles. The summed E-state index contributed by atoms with van der Waals surface area (Å²) in [6.07, 6.45) is 2.56. The topological polar surface area (TPSA) is 38.7 Å². The Hall–Kier alpha value is -1.06. The molecule has 0 N–H and O–H groups in total. The zero-order chi connectivity index (χ0) is 7.61. The molecule has 0 aliphatic rings. The van der Waals surface area contributed by atoms with Crippen LogP contribution in [0.15, 0.2) is 12.7 Å². The monoisotopic (exact) mass is 141 g/mol. The molecule has 3 nitrogen and oxygen atoms in total. The Bertz CT molecular complexity index is 204. The number of alkyl halides is 1. The predicted molar refractivity (Wildman–Crippen MR) is 34.0 cm³/mol. The lowest BCUT2D eigenvalue weighted by molar-refractivity contribution is 0.206. The van der Waals surface area contributed by atoms with Crippen LogP contribution in [0.3, 0.4) is 0 Å². The molecule has 0 aliphatic heterocycles. The number of hydrogen-bond donors (Lipinski definition) is 0.